The zero-order valence-corrected chi connectivity index (χ0v) is 29.7. The highest BCUT2D eigenvalue weighted by Crippen LogP contribution is 2.40. The molecule has 0 amide bonds. The minimum absolute atomic E-state index is 0. The summed E-state index contributed by atoms with van der Waals surface area (Å²) in [6.45, 7) is 14.1. The average molecular weight is 688 g/mol. The van der Waals surface area contributed by atoms with Gasteiger partial charge in [0, 0.05) is 10.0 Å². The van der Waals surface area contributed by atoms with Gasteiger partial charge in [0.05, 0.1) is 12.2 Å². The van der Waals surface area contributed by atoms with E-state index in [4.69, 9.17) is 9.47 Å². The fourth-order valence-corrected chi connectivity index (χ4v) is 7.51. The Hall–Kier alpha value is -2.85. The Morgan fingerprint density at radius 2 is 0.957 bits per heavy atom. The molecule has 2 fully saturated rings. The molecule has 4 heteroatoms. The normalized spacial score (nSPS) is 21.9. The van der Waals surface area contributed by atoms with Crippen LogP contribution in [0.25, 0.3) is 21.5 Å². The van der Waals surface area contributed by atoms with Crippen LogP contribution in [0.2, 0.25) is 0 Å². The number of ether oxygens (including phenoxy) is 2. The van der Waals surface area contributed by atoms with Gasteiger partial charge in [-0.3, -0.25) is 4.79 Å². The molecule has 0 aromatic heterocycles. The van der Waals surface area contributed by atoms with Gasteiger partial charge in [0.25, 0.3) is 0 Å². The van der Waals surface area contributed by atoms with E-state index in [0.717, 1.165) is 57.7 Å². The largest absolute Gasteiger partial charge is 0.490 e. The molecule has 2 aliphatic carbocycles. The van der Waals surface area contributed by atoms with Gasteiger partial charge in [0.15, 0.2) is 0 Å². The summed E-state index contributed by atoms with van der Waals surface area (Å²) in [6.07, 6.45) is 11.3. The monoisotopic (exact) mass is 686 g/mol. The van der Waals surface area contributed by atoms with E-state index in [-0.39, 0.29) is 7.43 Å². The molecule has 0 N–H and O–H groups in total. The number of halogens is 1. The van der Waals surface area contributed by atoms with Crippen LogP contribution in [0.15, 0.2) is 77.3 Å². The predicted octanol–water partition coefficient (Wildman–Crippen LogP) is 12.9. The summed E-state index contributed by atoms with van der Waals surface area (Å²) in [5, 5.41) is 4.69. The molecule has 0 heterocycles. The molecule has 3 nitrogen and oxygen atoms in total. The first kappa shape index (κ1) is 36.0. The van der Waals surface area contributed by atoms with Crippen molar-refractivity contribution in [3.05, 3.63) is 82.8 Å². The van der Waals surface area contributed by atoms with Crippen molar-refractivity contribution in [2.75, 3.05) is 0 Å². The van der Waals surface area contributed by atoms with Crippen LogP contribution in [0.5, 0.6) is 11.5 Å². The van der Waals surface area contributed by atoms with Gasteiger partial charge in [-0.1, -0.05) is 95.2 Å². The molecular formula is C42H55BrO3. The van der Waals surface area contributed by atoms with Crippen molar-refractivity contribution in [3.63, 3.8) is 0 Å². The second-order valence-electron chi connectivity index (χ2n) is 15.5. The fraction of sp³-hybridized carbons (Fsp3) is 0.500. The topological polar surface area (TPSA) is 35.5 Å². The number of carbonyl (C=O) groups excluding carboxylic acids is 1. The van der Waals surface area contributed by atoms with Crippen molar-refractivity contribution in [2.24, 2.45) is 22.7 Å². The van der Waals surface area contributed by atoms with Crippen LogP contribution in [0, 0.1) is 22.7 Å². The van der Waals surface area contributed by atoms with E-state index in [1.165, 1.54) is 49.3 Å². The van der Waals surface area contributed by atoms with Crippen LogP contribution in [0.4, 0.5) is 0 Å². The minimum Gasteiger partial charge on any atom is -0.490 e. The number of benzene rings is 4. The van der Waals surface area contributed by atoms with E-state index in [1.54, 1.807) is 0 Å². The van der Waals surface area contributed by atoms with Crippen molar-refractivity contribution in [1.82, 2.24) is 0 Å². The average Bonchev–Trinajstić information content (AvgIpc) is 3.01. The van der Waals surface area contributed by atoms with E-state index < -0.39 is 0 Å². The molecule has 46 heavy (non-hydrogen) atoms. The summed E-state index contributed by atoms with van der Waals surface area (Å²) in [4.78, 5) is 10.9. The second kappa shape index (κ2) is 15.4. The van der Waals surface area contributed by atoms with Gasteiger partial charge in [-0.05, 0) is 138 Å². The van der Waals surface area contributed by atoms with Crippen LogP contribution in [-0.2, 0) is 0 Å². The van der Waals surface area contributed by atoms with E-state index >= 15 is 0 Å². The third kappa shape index (κ3) is 9.59. The van der Waals surface area contributed by atoms with Gasteiger partial charge in [-0.25, -0.2) is 0 Å². The minimum atomic E-state index is 0. The van der Waals surface area contributed by atoms with Gasteiger partial charge in [0.2, 0.25) is 0 Å². The molecule has 2 saturated carbocycles. The Morgan fingerprint density at radius 3 is 1.39 bits per heavy atom. The van der Waals surface area contributed by atoms with Crippen LogP contribution < -0.4 is 9.47 Å². The SMILES string of the molecule is C.CC(C)(C)C1CCC(Oc2ccc3cc(Br)ccc3c2)CC1.CC(C)(C)C1CCC(Oc2ccc3cc(C=O)ccc3c2)CC1. The third-order valence-electron chi connectivity index (χ3n) is 10.1. The lowest BCUT2D eigenvalue weighted by Crippen LogP contribution is -2.30. The highest BCUT2D eigenvalue weighted by atomic mass is 79.9. The molecule has 0 saturated heterocycles. The van der Waals surface area contributed by atoms with Crippen LogP contribution in [-0.4, -0.2) is 18.5 Å². The Kier molecular flexibility index (Phi) is 12.0. The Balaban J connectivity index is 0.000000205. The summed E-state index contributed by atoms with van der Waals surface area (Å²) in [5.74, 6) is 3.59. The first-order valence-corrected chi connectivity index (χ1v) is 17.7. The maximum absolute atomic E-state index is 10.9. The smallest absolute Gasteiger partial charge is 0.150 e. The highest BCUT2D eigenvalue weighted by Gasteiger charge is 2.31. The zero-order chi connectivity index (χ0) is 32.2. The van der Waals surface area contributed by atoms with Crippen molar-refractivity contribution in [3.8, 4) is 11.5 Å². The lowest BCUT2D eigenvalue weighted by molar-refractivity contribution is 0.0881. The molecule has 0 radical (unpaired) electrons. The van der Waals surface area contributed by atoms with Gasteiger partial charge < -0.3 is 9.47 Å². The summed E-state index contributed by atoms with van der Waals surface area (Å²) in [7, 11) is 0. The fourth-order valence-electron chi connectivity index (χ4n) is 7.14. The lowest BCUT2D eigenvalue weighted by Gasteiger charge is -2.37. The molecule has 0 atom stereocenters. The van der Waals surface area contributed by atoms with Crippen molar-refractivity contribution in [1.29, 1.82) is 0 Å². The molecular weight excluding hydrogens is 632 g/mol. The number of fused-ring (bicyclic) bond motifs is 2. The quantitative estimate of drug-likeness (QED) is 0.196. The highest BCUT2D eigenvalue weighted by molar-refractivity contribution is 9.10. The second-order valence-corrected chi connectivity index (χ2v) is 16.4. The van der Waals surface area contributed by atoms with Gasteiger partial charge in [-0.15, -0.1) is 0 Å². The summed E-state index contributed by atoms with van der Waals surface area (Å²) in [5.41, 5.74) is 1.55. The van der Waals surface area contributed by atoms with Gasteiger partial charge in [-0.2, -0.15) is 0 Å². The molecule has 4 aromatic carbocycles. The third-order valence-corrected chi connectivity index (χ3v) is 10.6. The zero-order valence-electron chi connectivity index (χ0n) is 28.1. The molecule has 0 unspecified atom stereocenters. The van der Waals surface area contributed by atoms with Crippen molar-refractivity contribution < 1.29 is 14.3 Å². The van der Waals surface area contributed by atoms with Gasteiger partial charge in [0.1, 0.15) is 17.8 Å². The van der Waals surface area contributed by atoms with Crippen LogP contribution >= 0.6 is 15.9 Å². The lowest BCUT2D eigenvalue weighted by atomic mass is 9.72. The number of hydrogen-bond donors (Lipinski definition) is 0. The maximum Gasteiger partial charge on any atom is 0.150 e. The first-order valence-electron chi connectivity index (χ1n) is 16.9. The summed E-state index contributed by atoms with van der Waals surface area (Å²) in [6, 6.07) is 24.7. The van der Waals surface area contributed by atoms with Crippen LogP contribution in [0.1, 0.15) is 111 Å². The predicted molar refractivity (Wildman–Crippen MR) is 199 cm³/mol. The Labute approximate surface area is 286 Å². The molecule has 4 aromatic rings. The molecule has 0 aliphatic heterocycles. The van der Waals surface area contributed by atoms with Gasteiger partial charge >= 0.3 is 0 Å². The van der Waals surface area contributed by atoms with E-state index in [1.807, 2.05) is 30.3 Å². The molecule has 6 rings (SSSR count). The van der Waals surface area contributed by atoms with Crippen LogP contribution in [0.3, 0.4) is 0 Å². The van der Waals surface area contributed by atoms with E-state index in [9.17, 15) is 4.79 Å². The summed E-state index contributed by atoms with van der Waals surface area (Å²) < 4.78 is 13.6. The van der Waals surface area contributed by atoms with Crippen molar-refractivity contribution in [2.45, 2.75) is 113 Å². The standard InChI is InChI=1S/C21H26O2.C20H25BrO.CH4/c1-21(2,3)18-7-10-19(11-8-18)23-20-9-6-16-12-15(14-22)4-5-17(16)13-20;1-20(2,3)16-6-10-18(11-7-16)22-19-9-5-14-12-17(21)8-4-15(14)13-19;/h4-6,9,12-14,18-19H,7-8,10-11H2,1-3H3;4-5,8-9,12-13,16,18H,6-7,10-11H2,1-3H3;1H4. The Morgan fingerprint density at radius 1 is 0.565 bits per heavy atom. The molecule has 248 valence electrons. The molecule has 0 spiro atoms. The van der Waals surface area contributed by atoms with E-state index in [0.29, 0.717) is 28.6 Å². The maximum atomic E-state index is 10.9. The number of rotatable bonds is 5. The Bertz CT molecular complexity index is 1580. The first-order chi connectivity index (χ1) is 21.4. The number of carbonyl (C=O) groups is 1. The van der Waals surface area contributed by atoms with E-state index in [2.05, 4.69) is 99.9 Å². The number of hydrogen-bond acceptors (Lipinski definition) is 3. The molecule has 2 aliphatic rings. The number of aldehydes is 1. The van der Waals surface area contributed by atoms with Crippen molar-refractivity contribution >= 4 is 43.8 Å². The molecule has 0 bridgehead atoms. The summed E-state index contributed by atoms with van der Waals surface area (Å²) >= 11 is 3.52.